The van der Waals surface area contributed by atoms with E-state index in [1.807, 2.05) is 29.2 Å². The number of rotatable bonds is 6. The number of carbonyl (C=O) groups is 2. The third kappa shape index (κ3) is 4.65. The van der Waals surface area contributed by atoms with Crippen LogP contribution in [0.1, 0.15) is 63.4 Å². The van der Waals surface area contributed by atoms with Crippen LogP contribution in [0.25, 0.3) is 0 Å². The molecule has 0 bridgehead atoms. The van der Waals surface area contributed by atoms with Crippen LogP contribution in [-0.4, -0.2) is 54.9 Å². The normalized spacial score (nSPS) is 23.2. The van der Waals surface area contributed by atoms with Crippen molar-refractivity contribution in [1.29, 1.82) is 0 Å². The Morgan fingerprint density at radius 3 is 2.33 bits per heavy atom. The van der Waals surface area contributed by atoms with Gasteiger partial charge in [-0.3, -0.25) is 9.59 Å². The molecule has 2 heterocycles. The highest BCUT2D eigenvalue weighted by Gasteiger charge is 2.47. The largest absolute Gasteiger partial charge is 0.497 e. The van der Waals surface area contributed by atoms with Gasteiger partial charge in [0.05, 0.1) is 13.5 Å². The summed E-state index contributed by atoms with van der Waals surface area (Å²) in [4.78, 5) is 29.9. The summed E-state index contributed by atoms with van der Waals surface area (Å²) in [6, 6.07) is 7.80. The minimum absolute atomic E-state index is 0.221. The van der Waals surface area contributed by atoms with Crippen molar-refractivity contribution in [2.75, 3.05) is 33.3 Å². The monoisotopic (exact) mass is 412 g/mol. The summed E-state index contributed by atoms with van der Waals surface area (Å²) in [5.74, 6) is 1.82. The maximum atomic E-state index is 13.1. The van der Waals surface area contributed by atoms with E-state index < -0.39 is 0 Å². The molecule has 4 rings (SSSR count). The van der Waals surface area contributed by atoms with Gasteiger partial charge < -0.3 is 14.5 Å². The molecule has 1 spiro atoms. The van der Waals surface area contributed by atoms with E-state index in [0.29, 0.717) is 24.7 Å². The van der Waals surface area contributed by atoms with Gasteiger partial charge in [-0.25, -0.2) is 0 Å². The fraction of sp³-hybridized carbons (Fsp3) is 0.680. The Bertz CT molecular complexity index is 733. The number of carbonyl (C=O) groups excluding carboxylic acids is 2. The highest BCUT2D eigenvalue weighted by atomic mass is 16.5. The lowest BCUT2D eigenvalue weighted by atomic mass is 9.66. The third-order valence-corrected chi connectivity index (χ3v) is 7.69. The van der Waals surface area contributed by atoms with Gasteiger partial charge in [0.2, 0.25) is 11.8 Å². The van der Waals surface area contributed by atoms with Crippen LogP contribution in [0.15, 0.2) is 24.3 Å². The molecule has 1 unspecified atom stereocenters. The second-order valence-electron chi connectivity index (χ2n) is 9.55. The van der Waals surface area contributed by atoms with E-state index in [0.717, 1.165) is 56.8 Å². The lowest BCUT2D eigenvalue weighted by Crippen LogP contribution is -2.35. The van der Waals surface area contributed by atoms with Gasteiger partial charge in [-0.15, -0.1) is 0 Å². The second-order valence-corrected chi connectivity index (χ2v) is 9.55. The Morgan fingerprint density at radius 2 is 1.67 bits per heavy atom. The Hall–Kier alpha value is -2.04. The first-order chi connectivity index (χ1) is 14.6. The van der Waals surface area contributed by atoms with Gasteiger partial charge in [0.15, 0.2) is 0 Å². The lowest BCUT2D eigenvalue weighted by molar-refractivity contribution is -0.130. The predicted molar refractivity (Wildman–Crippen MR) is 117 cm³/mol. The van der Waals surface area contributed by atoms with Crippen molar-refractivity contribution in [1.82, 2.24) is 9.80 Å². The number of hydrogen-bond acceptors (Lipinski definition) is 3. The van der Waals surface area contributed by atoms with Crippen molar-refractivity contribution >= 4 is 11.8 Å². The Morgan fingerprint density at radius 1 is 0.967 bits per heavy atom. The fourth-order valence-corrected chi connectivity index (χ4v) is 5.90. The van der Waals surface area contributed by atoms with Crippen LogP contribution in [-0.2, 0) is 16.0 Å². The summed E-state index contributed by atoms with van der Waals surface area (Å²) in [5, 5.41) is 0. The van der Waals surface area contributed by atoms with E-state index in [1.54, 1.807) is 7.11 Å². The van der Waals surface area contributed by atoms with Crippen LogP contribution in [0.3, 0.4) is 0 Å². The molecule has 1 saturated carbocycles. The van der Waals surface area contributed by atoms with Crippen LogP contribution in [0.2, 0.25) is 0 Å². The quantitative estimate of drug-likeness (QED) is 0.708. The number of methoxy groups -OCH3 is 1. The molecule has 5 heteroatoms. The molecule has 2 amide bonds. The molecule has 164 valence electrons. The van der Waals surface area contributed by atoms with Crippen molar-refractivity contribution in [3.05, 3.63) is 29.8 Å². The smallest absolute Gasteiger partial charge is 0.227 e. The van der Waals surface area contributed by atoms with E-state index in [2.05, 4.69) is 4.90 Å². The van der Waals surface area contributed by atoms with Crippen molar-refractivity contribution in [3.8, 4) is 5.75 Å². The molecule has 1 aromatic rings. The molecule has 1 aliphatic carbocycles. The number of benzene rings is 1. The van der Waals surface area contributed by atoms with Crippen LogP contribution in [0.4, 0.5) is 0 Å². The van der Waals surface area contributed by atoms with Gasteiger partial charge in [-0.2, -0.15) is 0 Å². The average molecular weight is 413 g/mol. The minimum atomic E-state index is 0.221. The zero-order valence-corrected chi connectivity index (χ0v) is 18.4. The average Bonchev–Trinajstić information content (AvgIpc) is 3.42. The summed E-state index contributed by atoms with van der Waals surface area (Å²) < 4.78 is 5.22. The lowest BCUT2D eigenvalue weighted by Gasteiger charge is -2.38. The molecular weight excluding hydrogens is 376 g/mol. The second kappa shape index (κ2) is 9.40. The van der Waals surface area contributed by atoms with Crippen molar-refractivity contribution in [2.24, 2.45) is 11.3 Å². The summed E-state index contributed by atoms with van der Waals surface area (Å²) in [6.45, 7) is 3.56. The Balaban J connectivity index is 1.39. The van der Waals surface area contributed by atoms with Crippen molar-refractivity contribution in [3.63, 3.8) is 0 Å². The standard InChI is InChI=1S/C25H36N2O3/c1-30-22-10-7-20(8-11-22)17-24(29)27-18-21(25(19-27)13-3-2-4-14-25)9-12-23(28)26-15-5-6-16-26/h7-8,10-11,21H,2-6,9,12-19H2,1H3. The van der Waals surface area contributed by atoms with Crippen LogP contribution in [0, 0.1) is 11.3 Å². The molecule has 3 fully saturated rings. The maximum absolute atomic E-state index is 13.1. The molecule has 2 saturated heterocycles. The van der Waals surface area contributed by atoms with E-state index in [-0.39, 0.29) is 11.3 Å². The zero-order chi connectivity index (χ0) is 21.0. The van der Waals surface area contributed by atoms with Gasteiger partial charge in [-0.05, 0) is 61.1 Å². The molecule has 0 aromatic heterocycles. The Kier molecular flexibility index (Phi) is 6.64. The van der Waals surface area contributed by atoms with Gasteiger partial charge in [0.25, 0.3) is 0 Å². The van der Waals surface area contributed by atoms with E-state index in [1.165, 1.54) is 32.1 Å². The molecule has 0 N–H and O–H groups in total. The summed E-state index contributed by atoms with van der Waals surface area (Å²) in [7, 11) is 1.66. The molecule has 1 atom stereocenters. The molecule has 2 aliphatic heterocycles. The van der Waals surface area contributed by atoms with E-state index in [9.17, 15) is 9.59 Å². The number of amides is 2. The number of nitrogens with zero attached hydrogens (tertiary/aromatic N) is 2. The third-order valence-electron chi connectivity index (χ3n) is 7.69. The summed E-state index contributed by atoms with van der Waals surface area (Å²) in [6.07, 6.45) is 10.6. The summed E-state index contributed by atoms with van der Waals surface area (Å²) in [5.41, 5.74) is 1.27. The van der Waals surface area contributed by atoms with Gasteiger partial charge in [-0.1, -0.05) is 31.4 Å². The van der Waals surface area contributed by atoms with Gasteiger partial charge in [0.1, 0.15) is 5.75 Å². The van der Waals surface area contributed by atoms with Crippen LogP contribution < -0.4 is 4.74 Å². The SMILES string of the molecule is COc1ccc(CC(=O)N2CC(CCC(=O)N3CCCC3)C3(CCCCC3)C2)cc1. The Labute approximate surface area is 180 Å². The van der Waals surface area contributed by atoms with E-state index in [4.69, 9.17) is 4.74 Å². The topological polar surface area (TPSA) is 49.9 Å². The number of hydrogen-bond donors (Lipinski definition) is 0. The first kappa shape index (κ1) is 21.2. The molecule has 3 aliphatic rings. The first-order valence-corrected chi connectivity index (χ1v) is 11.8. The predicted octanol–water partition coefficient (Wildman–Crippen LogP) is 4.05. The highest BCUT2D eigenvalue weighted by Crippen LogP contribution is 2.49. The molecule has 5 nitrogen and oxygen atoms in total. The van der Waals surface area contributed by atoms with Crippen LogP contribution in [0.5, 0.6) is 5.75 Å². The van der Waals surface area contributed by atoms with Crippen molar-refractivity contribution < 1.29 is 14.3 Å². The minimum Gasteiger partial charge on any atom is -0.497 e. The zero-order valence-electron chi connectivity index (χ0n) is 18.4. The molecule has 1 aromatic carbocycles. The van der Waals surface area contributed by atoms with Crippen molar-refractivity contribution in [2.45, 2.75) is 64.2 Å². The van der Waals surface area contributed by atoms with E-state index >= 15 is 0 Å². The van der Waals surface area contributed by atoms with Gasteiger partial charge in [0, 0.05) is 32.6 Å². The molecular formula is C25H36N2O3. The number of ether oxygens (including phenoxy) is 1. The highest BCUT2D eigenvalue weighted by molar-refractivity contribution is 5.79. The fourth-order valence-electron chi connectivity index (χ4n) is 5.90. The number of likely N-dealkylation sites (tertiary alicyclic amines) is 2. The molecule has 0 radical (unpaired) electrons. The van der Waals surface area contributed by atoms with Crippen LogP contribution >= 0.6 is 0 Å². The first-order valence-electron chi connectivity index (χ1n) is 11.8. The van der Waals surface area contributed by atoms with Gasteiger partial charge >= 0.3 is 0 Å². The molecule has 30 heavy (non-hydrogen) atoms. The summed E-state index contributed by atoms with van der Waals surface area (Å²) >= 11 is 0. The maximum Gasteiger partial charge on any atom is 0.227 e.